The quantitative estimate of drug-likeness (QED) is 0.545. The summed E-state index contributed by atoms with van der Waals surface area (Å²) in [6.45, 7) is 2.04. The van der Waals surface area contributed by atoms with E-state index in [0.29, 0.717) is 12.5 Å². The summed E-state index contributed by atoms with van der Waals surface area (Å²) >= 11 is 3.56. The minimum absolute atomic E-state index is 0.0236. The maximum Gasteiger partial charge on any atom is 0.230 e. The predicted molar refractivity (Wildman–Crippen MR) is 98.4 cm³/mol. The highest BCUT2D eigenvalue weighted by atomic mass is 79.9. The number of fused-ring (bicyclic) bond motifs is 7. The minimum Gasteiger partial charge on any atom is -0.489 e. The highest BCUT2D eigenvalue weighted by Gasteiger charge is 2.37. The molecule has 2 aliphatic rings. The van der Waals surface area contributed by atoms with Crippen molar-refractivity contribution in [1.82, 2.24) is 4.57 Å². The molecule has 1 aromatic heterocycles. The van der Waals surface area contributed by atoms with Gasteiger partial charge in [-0.1, -0.05) is 34.1 Å². The van der Waals surface area contributed by atoms with E-state index in [4.69, 9.17) is 9.47 Å². The van der Waals surface area contributed by atoms with E-state index in [0.717, 1.165) is 37.8 Å². The van der Waals surface area contributed by atoms with Gasteiger partial charge in [0.05, 0.1) is 11.8 Å². The number of hydrogen-bond acceptors (Lipinski definition) is 3. The Labute approximate surface area is 152 Å². The van der Waals surface area contributed by atoms with Crippen LogP contribution in [0, 0.1) is 0 Å². The smallest absolute Gasteiger partial charge is 0.230 e. The van der Waals surface area contributed by atoms with E-state index in [1.54, 1.807) is 17.8 Å². The van der Waals surface area contributed by atoms with E-state index in [9.17, 15) is 4.79 Å². The van der Waals surface area contributed by atoms with Gasteiger partial charge in [-0.15, -0.1) is 0 Å². The zero-order valence-electron chi connectivity index (χ0n) is 13.5. The van der Waals surface area contributed by atoms with Crippen LogP contribution in [0.5, 0.6) is 11.6 Å². The Morgan fingerprint density at radius 1 is 1.24 bits per heavy atom. The SMILES string of the molecule is CC(=O)n1c2c(c3ccccc31)C1C(=CO2)COc2ccc(Br)cc21. The topological polar surface area (TPSA) is 40.5 Å². The van der Waals surface area contributed by atoms with Gasteiger partial charge in [0.25, 0.3) is 0 Å². The molecule has 2 aliphatic heterocycles. The molecule has 1 unspecified atom stereocenters. The fourth-order valence-electron chi connectivity index (χ4n) is 3.84. The van der Waals surface area contributed by atoms with Gasteiger partial charge in [-0.3, -0.25) is 4.79 Å². The van der Waals surface area contributed by atoms with E-state index in [-0.39, 0.29) is 11.8 Å². The molecule has 0 amide bonds. The van der Waals surface area contributed by atoms with E-state index in [1.165, 1.54) is 0 Å². The molecule has 0 aliphatic carbocycles. The van der Waals surface area contributed by atoms with E-state index in [2.05, 4.69) is 22.0 Å². The molecule has 4 nitrogen and oxygen atoms in total. The molecule has 5 heteroatoms. The molecule has 25 heavy (non-hydrogen) atoms. The highest BCUT2D eigenvalue weighted by molar-refractivity contribution is 9.10. The van der Waals surface area contributed by atoms with Crippen molar-refractivity contribution >= 4 is 32.7 Å². The average Bonchev–Trinajstić information content (AvgIpc) is 2.96. The number of hydrogen-bond donors (Lipinski definition) is 0. The largest absolute Gasteiger partial charge is 0.489 e. The van der Waals surface area contributed by atoms with Crippen LogP contribution >= 0.6 is 15.9 Å². The summed E-state index contributed by atoms with van der Waals surface area (Å²) in [6, 6.07) is 14.0. The zero-order chi connectivity index (χ0) is 17.1. The first kappa shape index (κ1) is 14.8. The molecule has 2 aromatic carbocycles. The van der Waals surface area contributed by atoms with Gasteiger partial charge < -0.3 is 9.47 Å². The lowest BCUT2D eigenvalue weighted by Crippen LogP contribution is -2.23. The van der Waals surface area contributed by atoms with Crippen LogP contribution in [0.3, 0.4) is 0 Å². The van der Waals surface area contributed by atoms with Crippen molar-refractivity contribution in [3.63, 3.8) is 0 Å². The summed E-state index contributed by atoms with van der Waals surface area (Å²) in [5.41, 5.74) is 4.05. The number of benzene rings is 2. The second-order valence-corrected chi connectivity index (χ2v) is 7.22. The van der Waals surface area contributed by atoms with Crippen molar-refractivity contribution in [3.8, 4) is 11.6 Å². The summed E-state index contributed by atoms with van der Waals surface area (Å²) in [5.74, 6) is 1.44. The number of rotatable bonds is 0. The molecule has 0 radical (unpaired) electrons. The molecule has 0 fully saturated rings. The molecule has 5 rings (SSSR count). The first-order valence-corrected chi connectivity index (χ1v) is 8.86. The van der Waals surface area contributed by atoms with Crippen molar-refractivity contribution in [2.24, 2.45) is 0 Å². The Balaban J connectivity index is 1.87. The Morgan fingerprint density at radius 3 is 2.92 bits per heavy atom. The minimum atomic E-state index is -0.0594. The van der Waals surface area contributed by atoms with Crippen LogP contribution in [0.15, 0.2) is 58.8 Å². The van der Waals surface area contributed by atoms with Crippen molar-refractivity contribution < 1.29 is 14.3 Å². The molecular formula is C20H14BrNO3. The number of nitrogens with zero attached hydrogens (tertiary/aromatic N) is 1. The number of carbonyl (C=O) groups is 1. The lowest BCUT2D eigenvalue weighted by atomic mass is 9.82. The Bertz CT molecular complexity index is 1080. The first-order valence-electron chi connectivity index (χ1n) is 8.07. The molecule has 0 bridgehead atoms. The van der Waals surface area contributed by atoms with Crippen molar-refractivity contribution in [3.05, 3.63) is 69.9 Å². The molecule has 3 heterocycles. The van der Waals surface area contributed by atoms with Crippen LogP contribution in [-0.2, 0) is 0 Å². The molecule has 0 saturated heterocycles. The Hall–Kier alpha value is -2.53. The van der Waals surface area contributed by atoms with Gasteiger partial charge in [0.2, 0.25) is 11.8 Å². The monoisotopic (exact) mass is 395 g/mol. The maximum absolute atomic E-state index is 12.3. The molecular weight excluding hydrogens is 382 g/mol. The molecule has 0 N–H and O–H groups in total. The van der Waals surface area contributed by atoms with E-state index >= 15 is 0 Å². The second-order valence-electron chi connectivity index (χ2n) is 6.30. The Kier molecular flexibility index (Phi) is 3.09. The normalized spacial score (nSPS) is 17.7. The lowest BCUT2D eigenvalue weighted by Gasteiger charge is -2.31. The summed E-state index contributed by atoms with van der Waals surface area (Å²) in [7, 11) is 0. The van der Waals surface area contributed by atoms with Crippen LogP contribution in [0.1, 0.15) is 28.8 Å². The highest BCUT2D eigenvalue weighted by Crippen LogP contribution is 2.50. The standard InChI is InChI=1S/C20H14BrNO3/c1-11(23)22-16-5-3-2-4-14(16)19-18-12(10-25-20(19)22)9-24-17-7-6-13(21)8-15(17)18/h2-8,10,18H,9H2,1H3. The predicted octanol–water partition coefficient (Wildman–Crippen LogP) is 4.86. The Morgan fingerprint density at radius 2 is 2.08 bits per heavy atom. The summed E-state index contributed by atoms with van der Waals surface area (Å²) in [5, 5.41) is 1.04. The van der Waals surface area contributed by atoms with Crippen LogP contribution in [0.2, 0.25) is 0 Å². The molecule has 3 aromatic rings. The van der Waals surface area contributed by atoms with E-state index < -0.39 is 0 Å². The number of ether oxygens (including phenoxy) is 2. The van der Waals surface area contributed by atoms with Gasteiger partial charge >= 0.3 is 0 Å². The zero-order valence-corrected chi connectivity index (χ0v) is 15.0. The number of aromatic nitrogens is 1. The number of halogens is 1. The third-order valence-corrected chi connectivity index (χ3v) is 5.34. The van der Waals surface area contributed by atoms with E-state index in [1.807, 2.05) is 36.4 Å². The van der Waals surface area contributed by atoms with Gasteiger partial charge in [-0.25, -0.2) is 4.57 Å². The van der Waals surface area contributed by atoms with Crippen molar-refractivity contribution in [2.45, 2.75) is 12.8 Å². The molecule has 0 saturated carbocycles. The van der Waals surface area contributed by atoms with Crippen molar-refractivity contribution in [2.75, 3.05) is 6.61 Å². The number of para-hydroxylation sites is 1. The third kappa shape index (κ3) is 2.02. The first-order chi connectivity index (χ1) is 12.1. The van der Waals surface area contributed by atoms with Gasteiger partial charge in [-0.05, 0) is 24.3 Å². The average molecular weight is 396 g/mol. The summed E-state index contributed by atoms with van der Waals surface area (Å²) < 4.78 is 14.4. The fraction of sp³-hybridized carbons (Fsp3) is 0.150. The van der Waals surface area contributed by atoms with Crippen LogP contribution in [-0.4, -0.2) is 17.1 Å². The molecule has 0 spiro atoms. The van der Waals surface area contributed by atoms with Gasteiger partial charge in [-0.2, -0.15) is 0 Å². The third-order valence-electron chi connectivity index (χ3n) is 4.84. The lowest BCUT2D eigenvalue weighted by molar-refractivity contribution is 0.0933. The van der Waals surface area contributed by atoms with Crippen molar-refractivity contribution in [1.29, 1.82) is 0 Å². The second kappa shape index (κ2) is 5.23. The van der Waals surface area contributed by atoms with Gasteiger partial charge in [0.1, 0.15) is 12.4 Å². The van der Waals surface area contributed by atoms with Crippen LogP contribution in [0.25, 0.3) is 10.9 Å². The number of carbonyl (C=O) groups excluding carboxylic acids is 1. The fourth-order valence-corrected chi connectivity index (χ4v) is 4.22. The molecule has 124 valence electrons. The maximum atomic E-state index is 12.3. The summed E-state index contributed by atoms with van der Waals surface area (Å²) in [4.78, 5) is 12.3. The van der Waals surface area contributed by atoms with Gasteiger partial charge in [0.15, 0.2) is 0 Å². The van der Waals surface area contributed by atoms with Crippen LogP contribution < -0.4 is 9.47 Å². The van der Waals surface area contributed by atoms with Gasteiger partial charge in [0, 0.05) is 39.4 Å². The summed E-state index contributed by atoms with van der Waals surface area (Å²) in [6.07, 6.45) is 1.73. The molecule has 1 atom stereocenters. The van der Waals surface area contributed by atoms with Crippen LogP contribution in [0.4, 0.5) is 0 Å².